The number of fused-ring (bicyclic) bond motifs is 1. The van der Waals surface area contributed by atoms with Gasteiger partial charge in [0.05, 0.1) is 22.2 Å². The fraction of sp³-hybridized carbons (Fsp3) is 0.333. The lowest BCUT2D eigenvalue weighted by Crippen LogP contribution is -2.40. The van der Waals surface area contributed by atoms with Gasteiger partial charge in [-0.3, -0.25) is 4.79 Å². The molecule has 0 unspecified atom stereocenters. The number of thiazole rings is 1. The van der Waals surface area contributed by atoms with Crippen LogP contribution in [0.1, 0.15) is 12.8 Å². The summed E-state index contributed by atoms with van der Waals surface area (Å²) in [5, 5.41) is 0. The van der Waals surface area contributed by atoms with Crippen LogP contribution in [0.15, 0.2) is 58.4 Å². The predicted molar refractivity (Wildman–Crippen MR) is 116 cm³/mol. The first kappa shape index (κ1) is 20.8. The van der Waals surface area contributed by atoms with E-state index in [9.17, 15) is 13.2 Å². The molecule has 0 N–H and O–H groups in total. The van der Waals surface area contributed by atoms with Gasteiger partial charge in [0.25, 0.3) is 5.91 Å². The molecule has 158 valence electrons. The monoisotopic (exact) mass is 445 g/mol. The smallest absolute Gasteiger partial charge is 0.251 e. The Labute approximate surface area is 179 Å². The maximum absolute atomic E-state index is 12.9. The number of sulfonamides is 1. The first-order valence-corrected chi connectivity index (χ1v) is 11.9. The first-order valence-electron chi connectivity index (χ1n) is 9.67. The fourth-order valence-electron chi connectivity index (χ4n) is 3.61. The molecule has 1 aromatic heterocycles. The zero-order chi connectivity index (χ0) is 21.3. The molecule has 1 amide bonds. The van der Waals surface area contributed by atoms with Crippen LogP contribution in [0.3, 0.4) is 0 Å². The summed E-state index contributed by atoms with van der Waals surface area (Å²) in [6.45, 7) is 0.609. The molecular weight excluding hydrogens is 422 g/mol. The molecule has 4 rings (SSSR count). The molecule has 1 aliphatic rings. The highest BCUT2D eigenvalue weighted by Gasteiger charge is 2.32. The Hall–Kier alpha value is -2.49. The highest BCUT2D eigenvalue weighted by Crippen LogP contribution is 2.26. The summed E-state index contributed by atoms with van der Waals surface area (Å²) in [6.07, 6.45) is 0.929. The van der Waals surface area contributed by atoms with Crippen LogP contribution < -0.4 is 9.54 Å². The molecule has 0 radical (unpaired) electrons. The number of carbonyl (C=O) groups excluding carboxylic acids is 1. The number of aromatic nitrogens is 1. The van der Waals surface area contributed by atoms with Crippen LogP contribution in [0.4, 0.5) is 0 Å². The molecule has 0 aliphatic carbocycles. The van der Waals surface area contributed by atoms with Crippen LogP contribution in [0.5, 0.6) is 5.75 Å². The van der Waals surface area contributed by atoms with Gasteiger partial charge in [0.1, 0.15) is 5.75 Å². The lowest BCUT2D eigenvalue weighted by Gasteiger charge is -2.29. The molecule has 30 heavy (non-hydrogen) atoms. The van der Waals surface area contributed by atoms with E-state index in [-0.39, 0.29) is 16.7 Å². The second kappa shape index (κ2) is 8.33. The van der Waals surface area contributed by atoms with Gasteiger partial charge in [0.2, 0.25) is 10.0 Å². The second-order valence-corrected chi connectivity index (χ2v) is 10.2. The Morgan fingerprint density at radius 2 is 1.77 bits per heavy atom. The van der Waals surface area contributed by atoms with Crippen LogP contribution in [0.2, 0.25) is 0 Å². The van der Waals surface area contributed by atoms with E-state index in [0.29, 0.717) is 36.5 Å². The number of hydrogen-bond donors (Lipinski definition) is 0. The summed E-state index contributed by atoms with van der Waals surface area (Å²) in [5.41, 5.74) is 1.04. The number of ether oxygens (including phenoxy) is 1. The Bertz CT molecular complexity index is 1240. The minimum atomic E-state index is -3.59. The molecule has 3 aromatic rings. The van der Waals surface area contributed by atoms with Gasteiger partial charge < -0.3 is 9.30 Å². The van der Waals surface area contributed by atoms with Crippen molar-refractivity contribution in [2.45, 2.75) is 17.7 Å². The normalized spacial score (nSPS) is 16.8. The summed E-state index contributed by atoms with van der Waals surface area (Å²) in [7, 11) is -0.151. The summed E-state index contributed by atoms with van der Waals surface area (Å²) >= 11 is 1.48. The first-order chi connectivity index (χ1) is 14.4. The molecule has 0 spiro atoms. The van der Waals surface area contributed by atoms with Crippen molar-refractivity contribution in [2.24, 2.45) is 18.0 Å². The quantitative estimate of drug-likeness (QED) is 0.618. The molecule has 1 fully saturated rings. The molecule has 2 aromatic carbocycles. The van der Waals surface area contributed by atoms with E-state index >= 15 is 0 Å². The van der Waals surface area contributed by atoms with Gasteiger partial charge in [-0.1, -0.05) is 23.5 Å². The van der Waals surface area contributed by atoms with Crippen molar-refractivity contribution in [1.82, 2.24) is 8.87 Å². The van der Waals surface area contributed by atoms with Crippen LogP contribution in [-0.4, -0.2) is 43.4 Å². The Morgan fingerprint density at radius 3 is 2.40 bits per heavy atom. The third-order valence-electron chi connectivity index (χ3n) is 5.42. The van der Waals surface area contributed by atoms with Crippen LogP contribution in [0, 0.1) is 5.92 Å². The summed E-state index contributed by atoms with van der Waals surface area (Å²) < 4.78 is 35.3. The van der Waals surface area contributed by atoms with E-state index < -0.39 is 10.0 Å². The van der Waals surface area contributed by atoms with Gasteiger partial charge in [-0.15, -0.1) is 0 Å². The number of para-hydroxylation sites is 1. The molecule has 1 saturated heterocycles. The van der Waals surface area contributed by atoms with E-state index in [0.717, 1.165) is 10.2 Å². The van der Waals surface area contributed by atoms with Crippen molar-refractivity contribution in [3.63, 3.8) is 0 Å². The molecular formula is C21H23N3O4S2. The number of amides is 1. The van der Waals surface area contributed by atoms with Crippen molar-refractivity contribution in [1.29, 1.82) is 0 Å². The van der Waals surface area contributed by atoms with Gasteiger partial charge in [0, 0.05) is 26.1 Å². The number of nitrogens with zero attached hydrogens (tertiary/aromatic N) is 3. The van der Waals surface area contributed by atoms with Crippen LogP contribution in [-0.2, 0) is 21.9 Å². The maximum atomic E-state index is 12.9. The minimum Gasteiger partial charge on any atom is -0.497 e. The van der Waals surface area contributed by atoms with E-state index in [4.69, 9.17) is 4.74 Å². The molecule has 0 bridgehead atoms. The average molecular weight is 446 g/mol. The molecule has 0 atom stereocenters. The summed E-state index contributed by atoms with van der Waals surface area (Å²) in [5.74, 6) is 0.158. The lowest BCUT2D eigenvalue weighted by molar-refractivity contribution is -0.122. The van der Waals surface area contributed by atoms with E-state index in [2.05, 4.69) is 4.99 Å². The largest absolute Gasteiger partial charge is 0.497 e. The number of carbonyl (C=O) groups is 1. The third-order valence-corrected chi connectivity index (χ3v) is 8.45. The van der Waals surface area contributed by atoms with Crippen molar-refractivity contribution in [2.75, 3.05) is 20.2 Å². The molecule has 1 aliphatic heterocycles. The Balaban J connectivity index is 1.47. The van der Waals surface area contributed by atoms with Crippen molar-refractivity contribution >= 4 is 37.5 Å². The van der Waals surface area contributed by atoms with Gasteiger partial charge >= 0.3 is 0 Å². The number of piperidine rings is 1. The summed E-state index contributed by atoms with van der Waals surface area (Å²) in [4.78, 5) is 18.0. The van der Waals surface area contributed by atoms with Crippen molar-refractivity contribution < 1.29 is 17.9 Å². The number of aryl methyl sites for hydroxylation is 1. The predicted octanol–water partition coefficient (Wildman–Crippen LogP) is 2.78. The highest BCUT2D eigenvalue weighted by atomic mass is 32.2. The number of benzene rings is 2. The standard InChI is InChI=1S/C21H23N3O4S2/c1-23-18-5-3-4-6-19(18)29-21(23)22-20(25)15-11-13-24(14-12-15)30(26,27)17-9-7-16(28-2)8-10-17/h3-10,15H,11-14H2,1-2H3. The zero-order valence-corrected chi connectivity index (χ0v) is 18.4. The number of methoxy groups -OCH3 is 1. The van der Waals surface area contributed by atoms with E-state index in [1.54, 1.807) is 24.3 Å². The Kier molecular flexibility index (Phi) is 5.77. The van der Waals surface area contributed by atoms with Gasteiger partial charge in [-0.25, -0.2) is 8.42 Å². The average Bonchev–Trinajstić information content (AvgIpc) is 3.09. The van der Waals surface area contributed by atoms with Gasteiger partial charge in [-0.05, 0) is 49.2 Å². The molecule has 0 saturated carbocycles. The third kappa shape index (κ3) is 3.92. The SMILES string of the molecule is COc1ccc(S(=O)(=O)N2CCC(C(=O)N=c3sc4ccccc4n3C)CC2)cc1. The number of hydrogen-bond acceptors (Lipinski definition) is 5. The lowest BCUT2D eigenvalue weighted by atomic mass is 9.98. The van der Waals surface area contributed by atoms with Crippen molar-refractivity contribution in [3.05, 3.63) is 53.3 Å². The van der Waals surface area contributed by atoms with E-state index in [1.807, 2.05) is 35.9 Å². The van der Waals surface area contributed by atoms with Crippen molar-refractivity contribution in [3.8, 4) is 5.75 Å². The second-order valence-electron chi connectivity index (χ2n) is 7.22. The zero-order valence-electron chi connectivity index (χ0n) is 16.8. The van der Waals surface area contributed by atoms with Gasteiger partial charge in [-0.2, -0.15) is 9.30 Å². The summed E-state index contributed by atoms with van der Waals surface area (Å²) in [6, 6.07) is 14.3. The van der Waals surface area contributed by atoms with Crippen LogP contribution in [0.25, 0.3) is 10.2 Å². The topological polar surface area (TPSA) is 81.0 Å². The molecule has 9 heteroatoms. The highest BCUT2D eigenvalue weighted by molar-refractivity contribution is 7.89. The fourth-order valence-corrected chi connectivity index (χ4v) is 6.11. The maximum Gasteiger partial charge on any atom is 0.251 e. The molecule has 7 nitrogen and oxygen atoms in total. The minimum absolute atomic E-state index is 0.182. The number of rotatable bonds is 4. The Morgan fingerprint density at radius 1 is 1.10 bits per heavy atom. The molecule has 2 heterocycles. The van der Waals surface area contributed by atoms with Crippen LogP contribution >= 0.6 is 11.3 Å². The van der Waals surface area contributed by atoms with E-state index in [1.165, 1.54) is 22.8 Å². The van der Waals surface area contributed by atoms with Gasteiger partial charge in [0.15, 0.2) is 4.80 Å².